The van der Waals surface area contributed by atoms with E-state index < -0.39 is 0 Å². The molecule has 0 aliphatic heterocycles. The standard InChI is InChI=1S/C16H18ClN/c1-12(2)13-7-9-15(10-8-13)18-11-14-5-3-4-6-16(14)17/h3-10,12,18H,11H2,1-2H3. The van der Waals surface area contributed by atoms with E-state index in [0.29, 0.717) is 5.92 Å². The van der Waals surface area contributed by atoms with Gasteiger partial charge in [0.1, 0.15) is 0 Å². The van der Waals surface area contributed by atoms with E-state index in [1.54, 1.807) is 0 Å². The van der Waals surface area contributed by atoms with Crippen LogP contribution < -0.4 is 5.32 Å². The number of hydrogen-bond donors (Lipinski definition) is 1. The maximum Gasteiger partial charge on any atom is 0.0455 e. The molecule has 0 bridgehead atoms. The number of rotatable bonds is 4. The first-order chi connectivity index (χ1) is 8.66. The predicted molar refractivity (Wildman–Crippen MR) is 79.3 cm³/mol. The summed E-state index contributed by atoms with van der Waals surface area (Å²) < 4.78 is 0. The molecule has 0 atom stereocenters. The van der Waals surface area contributed by atoms with Crippen molar-refractivity contribution >= 4 is 17.3 Å². The smallest absolute Gasteiger partial charge is 0.0455 e. The van der Waals surface area contributed by atoms with Crippen molar-refractivity contribution in [1.29, 1.82) is 0 Å². The van der Waals surface area contributed by atoms with Crippen LogP contribution in [0.5, 0.6) is 0 Å². The number of hydrogen-bond acceptors (Lipinski definition) is 1. The normalized spacial score (nSPS) is 10.7. The maximum absolute atomic E-state index is 6.12. The molecule has 0 aliphatic carbocycles. The molecule has 0 saturated carbocycles. The Labute approximate surface area is 114 Å². The van der Waals surface area contributed by atoms with E-state index in [0.717, 1.165) is 22.8 Å². The SMILES string of the molecule is CC(C)c1ccc(NCc2ccccc2Cl)cc1. The average Bonchev–Trinajstić information content (AvgIpc) is 2.38. The number of halogens is 1. The molecule has 2 rings (SSSR count). The molecule has 0 radical (unpaired) electrons. The van der Waals surface area contributed by atoms with Gasteiger partial charge in [0.2, 0.25) is 0 Å². The van der Waals surface area contributed by atoms with Crippen LogP contribution in [0.15, 0.2) is 48.5 Å². The molecule has 2 aromatic rings. The Bertz CT molecular complexity index is 503. The topological polar surface area (TPSA) is 12.0 Å². The molecule has 0 unspecified atom stereocenters. The van der Waals surface area contributed by atoms with Crippen LogP contribution in [0.1, 0.15) is 30.9 Å². The summed E-state index contributed by atoms with van der Waals surface area (Å²) >= 11 is 6.12. The molecule has 1 N–H and O–H groups in total. The van der Waals surface area contributed by atoms with Crippen LogP contribution in [-0.2, 0) is 6.54 Å². The highest BCUT2D eigenvalue weighted by molar-refractivity contribution is 6.31. The van der Waals surface area contributed by atoms with Crippen molar-refractivity contribution in [3.8, 4) is 0 Å². The van der Waals surface area contributed by atoms with Gasteiger partial charge in [0, 0.05) is 17.3 Å². The van der Waals surface area contributed by atoms with Crippen molar-refractivity contribution in [3.05, 3.63) is 64.7 Å². The van der Waals surface area contributed by atoms with Gasteiger partial charge in [-0.3, -0.25) is 0 Å². The van der Waals surface area contributed by atoms with E-state index in [2.05, 4.69) is 43.4 Å². The summed E-state index contributed by atoms with van der Waals surface area (Å²) in [5.74, 6) is 0.572. The van der Waals surface area contributed by atoms with E-state index in [1.165, 1.54) is 5.56 Å². The third kappa shape index (κ3) is 3.27. The van der Waals surface area contributed by atoms with Crippen molar-refractivity contribution in [2.45, 2.75) is 26.3 Å². The van der Waals surface area contributed by atoms with Crippen molar-refractivity contribution in [2.24, 2.45) is 0 Å². The van der Waals surface area contributed by atoms with Crippen molar-refractivity contribution in [1.82, 2.24) is 0 Å². The first-order valence-corrected chi connectivity index (χ1v) is 6.62. The number of anilines is 1. The molecule has 2 heteroatoms. The van der Waals surface area contributed by atoms with E-state index in [1.807, 2.05) is 24.3 Å². The van der Waals surface area contributed by atoms with Gasteiger partial charge in [-0.25, -0.2) is 0 Å². The lowest BCUT2D eigenvalue weighted by Crippen LogP contribution is -2.00. The molecule has 0 aromatic heterocycles. The lowest BCUT2D eigenvalue weighted by atomic mass is 10.0. The Balaban J connectivity index is 2.00. The zero-order valence-corrected chi connectivity index (χ0v) is 11.5. The van der Waals surface area contributed by atoms with Crippen molar-refractivity contribution in [2.75, 3.05) is 5.32 Å². The molecule has 0 heterocycles. The Kier molecular flexibility index (Phi) is 4.27. The average molecular weight is 260 g/mol. The highest BCUT2D eigenvalue weighted by Gasteiger charge is 2.00. The largest absolute Gasteiger partial charge is 0.381 e. The third-order valence-electron chi connectivity index (χ3n) is 3.02. The molecule has 0 fully saturated rings. The molecule has 0 saturated heterocycles. The molecular formula is C16H18ClN. The van der Waals surface area contributed by atoms with Gasteiger partial charge in [0.05, 0.1) is 0 Å². The van der Waals surface area contributed by atoms with Crippen molar-refractivity contribution < 1.29 is 0 Å². The second-order valence-corrected chi connectivity index (χ2v) is 5.13. The zero-order valence-electron chi connectivity index (χ0n) is 10.8. The molecule has 1 nitrogen and oxygen atoms in total. The maximum atomic E-state index is 6.12. The molecule has 2 aromatic carbocycles. The summed E-state index contributed by atoms with van der Waals surface area (Å²) in [6.45, 7) is 5.15. The van der Waals surface area contributed by atoms with Crippen LogP contribution in [0, 0.1) is 0 Å². The lowest BCUT2D eigenvalue weighted by molar-refractivity contribution is 0.867. The van der Waals surface area contributed by atoms with E-state index >= 15 is 0 Å². The van der Waals surface area contributed by atoms with E-state index in [4.69, 9.17) is 11.6 Å². The van der Waals surface area contributed by atoms with Gasteiger partial charge >= 0.3 is 0 Å². The Morgan fingerprint density at radius 1 is 1.00 bits per heavy atom. The van der Waals surface area contributed by atoms with Gasteiger partial charge in [-0.15, -0.1) is 0 Å². The second-order valence-electron chi connectivity index (χ2n) is 4.72. The Hall–Kier alpha value is -1.47. The van der Waals surface area contributed by atoms with Gasteiger partial charge in [0.25, 0.3) is 0 Å². The fourth-order valence-corrected chi connectivity index (χ4v) is 2.03. The first kappa shape index (κ1) is 13.0. The van der Waals surface area contributed by atoms with E-state index in [-0.39, 0.29) is 0 Å². The van der Waals surface area contributed by atoms with Crippen molar-refractivity contribution in [3.63, 3.8) is 0 Å². The van der Waals surface area contributed by atoms with Crippen LogP contribution in [-0.4, -0.2) is 0 Å². The summed E-state index contributed by atoms with van der Waals surface area (Å²) in [5.41, 5.74) is 3.60. The number of benzene rings is 2. The quantitative estimate of drug-likeness (QED) is 0.808. The molecular weight excluding hydrogens is 242 g/mol. The van der Waals surface area contributed by atoms with E-state index in [9.17, 15) is 0 Å². The lowest BCUT2D eigenvalue weighted by Gasteiger charge is -2.10. The summed E-state index contributed by atoms with van der Waals surface area (Å²) in [4.78, 5) is 0. The van der Waals surface area contributed by atoms with Gasteiger partial charge in [-0.2, -0.15) is 0 Å². The Morgan fingerprint density at radius 2 is 1.67 bits per heavy atom. The van der Waals surface area contributed by atoms with Gasteiger partial charge < -0.3 is 5.32 Å². The van der Waals surface area contributed by atoms with Crippen LogP contribution in [0.2, 0.25) is 5.02 Å². The summed E-state index contributed by atoms with van der Waals surface area (Å²) in [6.07, 6.45) is 0. The fraction of sp³-hybridized carbons (Fsp3) is 0.250. The summed E-state index contributed by atoms with van der Waals surface area (Å²) in [5, 5.41) is 4.19. The molecule has 94 valence electrons. The molecule has 0 amide bonds. The highest BCUT2D eigenvalue weighted by Crippen LogP contribution is 2.19. The minimum Gasteiger partial charge on any atom is -0.381 e. The van der Waals surface area contributed by atoms with Crippen LogP contribution in [0.25, 0.3) is 0 Å². The van der Waals surface area contributed by atoms with Crippen LogP contribution in [0.4, 0.5) is 5.69 Å². The summed E-state index contributed by atoms with van der Waals surface area (Å²) in [6, 6.07) is 16.5. The Morgan fingerprint density at radius 3 is 2.28 bits per heavy atom. The first-order valence-electron chi connectivity index (χ1n) is 6.24. The monoisotopic (exact) mass is 259 g/mol. The van der Waals surface area contributed by atoms with Gasteiger partial charge in [-0.1, -0.05) is 55.8 Å². The molecule has 0 spiro atoms. The predicted octanol–water partition coefficient (Wildman–Crippen LogP) is 5.08. The van der Waals surface area contributed by atoms with Crippen LogP contribution in [0.3, 0.4) is 0 Å². The van der Waals surface area contributed by atoms with Crippen LogP contribution >= 0.6 is 11.6 Å². The molecule has 18 heavy (non-hydrogen) atoms. The minimum absolute atomic E-state index is 0.572. The second kappa shape index (κ2) is 5.92. The fourth-order valence-electron chi connectivity index (χ4n) is 1.82. The minimum atomic E-state index is 0.572. The summed E-state index contributed by atoms with van der Waals surface area (Å²) in [7, 11) is 0. The highest BCUT2D eigenvalue weighted by atomic mass is 35.5. The van der Waals surface area contributed by atoms with Gasteiger partial charge in [0.15, 0.2) is 0 Å². The molecule has 0 aliphatic rings. The number of nitrogens with one attached hydrogen (secondary N) is 1. The zero-order chi connectivity index (χ0) is 13.0. The van der Waals surface area contributed by atoms with Gasteiger partial charge in [-0.05, 0) is 35.2 Å². The third-order valence-corrected chi connectivity index (χ3v) is 3.39.